The fourth-order valence-corrected chi connectivity index (χ4v) is 7.56. The Bertz CT molecular complexity index is 1140. The number of rotatable bonds is 8. The lowest BCUT2D eigenvalue weighted by molar-refractivity contribution is -0.116. The second-order valence-corrected chi connectivity index (χ2v) is 11.4. The van der Waals surface area contributed by atoms with E-state index in [1.165, 1.54) is 44.1 Å². The van der Waals surface area contributed by atoms with Crippen molar-refractivity contribution in [2.45, 2.75) is 64.2 Å². The lowest BCUT2D eigenvalue weighted by Gasteiger charge is -2.57. The molecule has 0 atom stereocenters. The average molecular weight is 466 g/mol. The number of anilines is 1. The summed E-state index contributed by atoms with van der Waals surface area (Å²) in [5.74, 6) is 3.38. The predicted octanol–water partition coefficient (Wildman–Crippen LogP) is 6.86. The molecule has 0 radical (unpaired) electrons. The molecule has 2 aromatic carbocycles. The van der Waals surface area contributed by atoms with Gasteiger partial charge in [0.2, 0.25) is 5.91 Å². The zero-order valence-electron chi connectivity index (χ0n) is 20.5. The highest BCUT2D eigenvalue weighted by molar-refractivity contribution is 5.90. The molecule has 0 saturated heterocycles. The predicted molar refractivity (Wildman–Crippen MR) is 140 cm³/mol. The van der Waals surface area contributed by atoms with Crippen LogP contribution in [0.15, 0.2) is 66.9 Å². The van der Waals surface area contributed by atoms with Crippen molar-refractivity contribution < 1.29 is 4.79 Å². The average Bonchev–Trinajstić information content (AvgIpc) is 2.85. The van der Waals surface area contributed by atoms with E-state index in [9.17, 15) is 4.79 Å². The summed E-state index contributed by atoms with van der Waals surface area (Å²) in [7, 11) is 0. The van der Waals surface area contributed by atoms with Gasteiger partial charge in [-0.3, -0.25) is 4.79 Å². The largest absolute Gasteiger partial charge is 0.309 e. The summed E-state index contributed by atoms with van der Waals surface area (Å²) >= 11 is 0. The van der Waals surface area contributed by atoms with Crippen LogP contribution in [0.25, 0.3) is 11.3 Å². The fourth-order valence-electron chi connectivity index (χ4n) is 7.56. The van der Waals surface area contributed by atoms with Gasteiger partial charge in [0.25, 0.3) is 0 Å². The van der Waals surface area contributed by atoms with E-state index >= 15 is 0 Å². The Hall–Kier alpha value is -3.01. The highest BCUT2D eigenvalue weighted by Gasteiger charge is 2.51. The summed E-state index contributed by atoms with van der Waals surface area (Å²) in [6, 6.07) is 20.6. The first-order chi connectivity index (χ1) is 17.1. The number of benzene rings is 2. The number of nitrogens with zero attached hydrogens (tertiary/aromatic N) is 2. The van der Waals surface area contributed by atoms with Gasteiger partial charge in [-0.1, -0.05) is 60.7 Å². The monoisotopic (exact) mass is 465 g/mol. The number of nitrogens with one attached hydrogen (secondary N) is 1. The molecule has 35 heavy (non-hydrogen) atoms. The summed E-state index contributed by atoms with van der Waals surface area (Å²) in [5, 5.41) is 3.15. The van der Waals surface area contributed by atoms with Crippen molar-refractivity contribution in [3.8, 4) is 11.3 Å². The molecule has 0 aliphatic heterocycles. The minimum absolute atomic E-state index is 0.0365. The Balaban J connectivity index is 1.21. The first-order valence-electron chi connectivity index (χ1n) is 13.4. The van der Waals surface area contributed by atoms with E-state index in [4.69, 9.17) is 9.97 Å². The van der Waals surface area contributed by atoms with Crippen LogP contribution in [0.2, 0.25) is 0 Å². The van der Waals surface area contributed by atoms with Crippen molar-refractivity contribution in [3.63, 3.8) is 0 Å². The molecular formula is C31H35N3O. The second-order valence-electron chi connectivity index (χ2n) is 11.4. The van der Waals surface area contributed by atoms with Gasteiger partial charge in [-0.05, 0) is 86.5 Å². The number of carbonyl (C=O) groups is 1. The normalized spacial score (nSPS) is 26.6. The molecule has 4 saturated carbocycles. The van der Waals surface area contributed by atoms with Crippen molar-refractivity contribution in [2.75, 3.05) is 5.32 Å². The van der Waals surface area contributed by atoms with Gasteiger partial charge in [0.15, 0.2) is 5.82 Å². The van der Waals surface area contributed by atoms with Crippen molar-refractivity contribution in [2.24, 2.45) is 23.2 Å². The molecule has 1 heterocycles. The lowest BCUT2D eigenvalue weighted by atomic mass is 9.48. The number of hydrogen-bond acceptors (Lipinski definition) is 3. The molecule has 7 rings (SSSR count). The third kappa shape index (κ3) is 5.03. The van der Waals surface area contributed by atoms with Crippen molar-refractivity contribution in [1.82, 2.24) is 9.97 Å². The van der Waals surface area contributed by atoms with Crippen LogP contribution in [0, 0.1) is 23.2 Å². The van der Waals surface area contributed by atoms with Gasteiger partial charge in [-0.15, -0.1) is 0 Å². The molecule has 0 spiro atoms. The Morgan fingerprint density at radius 2 is 1.51 bits per heavy atom. The first-order valence-corrected chi connectivity index (χ1v) is 13.4. The van der Waals surface area contributed by atoms with Gasteiger partial charge >= 0.3 is 0 Å². The third-order valence-corrected chi connectivity index (χ3v) is 8.59. The van der Waals surface area contributed by atoms with Gasteiger partial charge < -0.3 is 5.32 Å². The van der Waals surface area contributed by atoms with Crippen LogP contribution in [0.3, 0.4) is 0 Å². The van der Waals surface area contributed by atoms with E-state index in [2.05, 4.69) is 41.7 Å². The molecular weight excluding hydrogens is 430 g/mol. The summed E-state index contributed by atoms with van der Waals surface area (Å²) in [5.41, 5.74) is 4.56. The maximum atomic E-state index is 12.9. The van der Waals surface area contributed by atoms with Gasteiger partial charge in [-0.25, -0.2) is 9.97 Å². The molecule has 4 fully saturated rings. The molecule has 4 nitrogen and oxygen atoms in total. The smallest absolute Gasteiger partial charge is 0.225 e. The molecule has 180 valence electrons. The standard InChI is InChI=1S/C31H35N3O/c35-29(13-7-10-22-8-3-1-4-9-22)34-30-27(33-28(21-32-30)26-11-5-2-6-12-26)20-31-17-23-14-24(18-31)16-25(15-23)19-31/h1-6,8-9,11-12,21,23-25H,7,10,13-20H2,(H,32,34,35). The van der Waals surface area contributed by atoms with Gasteiger partial charge in [0.05, 0.1) is 17.6 Å². The topological polar surface area (TPSA) is 54.9 Å². The minimum atomic E-state index is 0.0365. The van der Waals surface area contributed by atoms with Crippen LogP contribution in [0.1, 0.15) is 62.6 Å². The summed E-state index contributed by atoms with van der Waals surface area (Å²) in [6.45, 7) is 0. The van der Waals surface area contributed by atoms with E-state index in [0.29, 0.717) is 17.7 Å². The number of carbonyl (C=O) groups excluding carboxylic acids is 1. The Kier molecular flexibility index (Phi) is 6.13. The number of hydrogen-bond donors (Lipinski definition) is 1. The second kappa shape index (κ2) is 9.56. The van der Waals surface area contributed by atoms with E-state index in [-0.39, 0.29) is 5.91 Å². The first kappa shape index (κ1) is 22.5. The SMILES string of the molecule is O=C(CCCc1ccccc1)Nc1ncc(-c2ccccc2)nc1CC12CC3CC(CC(C3)C1)C2. The minimum Gasteiger partial charge on any atom is -0.309 e. The molecule has 1 aromatic heterocycles. The molecule has 4 aliphatic rings. The molecule has 4 heteroatoms. The molecule has 1 amide bonds. The van der Waals surface area contributed by atoms with E-state index < -0.39 is 0 Å². The Morgan fingerprint density at radius 3 is 2.17 bits per heavy atom. The summed E-state index contributed by atoms with van der Waals surface area (Å²) < 4.78 is 0. The summed E-state index contributed by atoms with van der Waals surface area (Å²) in [6.07, 6.45) is 13.2. The highest BCUT2D eigenvalue weighted by atomic mass is 16.1. The fraction of sp³-hybridized carbons (Fsp3) is 0.452. The number of amides is 1. The molecule has 4 aliphatic carbocycles. The van der Waals surface area contributed by atoms with Crippen LogP contribution in [0.5, 0.6) is 0 Å². The van der Waals surface area contributed by atoms with Crippen LogP contribution < -0.4 is 5.32 Å². The maximum absolute atomic E-state index is 12.9. The molecule has 4 bridgehead atoms. The number of aromatic nitrogens is 2. The van der Waals surface area contributed by atoms with Gasteiger partial charge in [0.1, 0.15) is 0 Å². The van der Waals surface area contributed by atoms with Gasteiger partial charge in [-0.2, -0.15) is 0 Å². The van der Waals surface area contributed by atoms with Crippen LogP contribution in [-0.4, -0.2) is 15.9 Å². The van der Waals surface area contributed by atoms with Crippen molar-refractivity contribution in [1.29, 1.82) is 0 Å². The summed E-state index contributed by atoms with van der Waals surface area (Å²) in [4.78, 5) is 22.8. The Morgan fingerprint density at radius 1 is 0.886 bits per heavy atom. The van der Waals surface area contributed by atoms with E-state index in [1.54, 1.807) is 0 Å². The van der Waals surface area contributed by atoms with Crippen molar-refractivity contribution >= 4 is 11.7 Å². The van der Waals surface area contributed by atoms with Crippen LogP contribution in [0.4, 0.5) is 5.82 Å². The zero-order chi connectivity index (χ0) is 23.7. The third-order valence-electron chi connectivity index (χ3n) is 8.59. The van der Waals surface area contributed by atoms with Crippen LogP contribution in [-0.2, 0) is 17.6 Å². The van der Waals surface area contributed by atoms with Crippen molar-refractivity contribution in [3.05, 3.63) is 78.1 Å². The Labute approximate surface area is 208 Å². The highest BCUT2D eigenvalue weighted by Crippen LogP contribution is 2.61. The quantitative estimate of drug-likeness (QED) is 0.395. The molecule has 0 unspecified atom stereocenters. The molecule has 3 aromatic rings. The van der Waals surface area contributed by atoms with E-state index in [0.717, 1.165) is 54.0 Å². The maximum Gasteiger partial charge on any atom is 0.225 e. The van der Waals surface area contributed by atoms with Crippen LogP contribution >= 0.6 is 0 Å². The lowest BCUT2D eigenvalue weighted by Crippen LogP contribution is -2.47. The van der Waals surface area contributed by atoms with Gasteiger partial charge in [0, 0.05) is 12.0 Å². The number of aryl methyl sites for hydroxylation is 1. The zero-order valence-corrected chi connectivity index (χ0v) is 20.5. The molecule has 1 N–H and O–H groups in total. The van der Waals surface area contributed by atoms with E-state index in [1.807, 2.05) is 30.5 Å².